The Balaban J connectivity index is 2.09. The molecule has 4 heteroatoms. The molecule has 0 unspecified atom stereocenters. The number of thiol groups is 1. The zero-order valence-electron chi connectivity index (χ0n) is 9.56. The average Bonchev–Trinajstić information content (AvgIpc) is 2.41. The minimum atomic E-state index is -0.328. The first-order chi connectivity index (χ1) is 8.69. The highest BCUT2D eigenvalue weighted by molar-refractivity contribution is 7.79. The zero-order valence-corrected chi connectivity index (χ0v) is 10.5. The Morgan fingerprint density at radius 1 is 1.06 bits per heavy atom. The van der Waals surface area contributed by atoms with Crippen molar-refractivity contribution in [2.24, 2.45) is 0 Å². The lowest BCUT2D eigenvalue weighted by molar-refractivity contribution is 0.102. The van der Waals surface area contributed by atoms with Gasteiger partial charge in [0.1, 0.15) is 5.82 Å². The van der Waals surface area contributed by atoms with E-state index in [4.69, 9.17) is 0 Å². The number of halogens is 1. The number of amides is 1. The van der Waals surface area contributed by atoms with Crippen LogP contribution in [0.15, 0.2) is 48.5 Å². The fraction of sp³-hybridized carbons (Fsp3) is 0.0714. The Hall–Kier alpha value is -1.81. The maximum Gasteiger partial charge on any atom is 0.255 e. The summed E-state index contributed by atoms with van der Waals surface area (Å²) in [5.41, 5.74) is 2.18. The molecule has 0 aliphatic carbocycles. The fourth-order valence-corrected chi connectivity index (χ4v) is 1.71. The molecule has 2 aromatic carbocycles. The Morgan fingerprint density at radius 2 is 1.67 bits per heavy atom. The first kappa shape index (κ1) is 12.6. The van der Waals surface area contributed by atoms with Crippen molar-refractivity contribution in [2.75, 3.05) is 5.32 Å². The molecule has 0 aliphatic rings. The zero-order chi connectivity index (χ0) is 13.0. The maximum absolute atomic E-state index is 12.7. The van der Waals surface area contributed by atoms with Crippen LogP contribution in [0.25, 0.3) is 0 Å². The van der Waals surface area contributed by atoms with Gasteiger partial charge in [0.05, 0.1) is 0 Å². The molecule has 0 radical (unpaired) electrons. The van der Waals surface area contributed by atoms with E-state index in [1.807, 2.05) is 12.1 Å². The highest BCUT2D eigenvalue weighted by atomic mass is 32.1. The van der Waals surface area contributed by atoms with Crippen molar-refractivity contribution in [2.45, 2.75) is 5.75 Å². The van der Waals surface area contributed by atoms with Gasteiger partial charge in [0, 0.05) is 17.0 Å². The van der Waals surface area contributed by atoms with E-state index in [9.17, 15) is 9.18 Å². The lowest BCUT2D eigenvalue weighted by Gasteiger charge is -2.05. The SMILES string of the molecule is O=C(Nc1ccc(F)cc1)c1ccc(CS)cc1. The van der Waals surface area contributed by atoms with Crippen LogP contribution < -0.4 is 5.32 Å². The third-order valence-corrected chi connectivity index (χ3v) is 2.87. The third kappa shape index (κ3) is 3.11. The van der Waals surface area contributed by atoms with Crippen LogP contribution in [0.2, 0.25) is 0 Å². The van der Waals surface area contributed by atoms with E-state index in [1.165, 1.54) is 24.3 Å². The van der Waals surface area contributed by atoms with Crippen LogP contribution in [0.5, 0.6) is 0 Å². The molecule has 0 saturated heterocycles. The predicted molar refractivity (Wildman–Crippen MR) is 73.5 cm³/mol. The van der Waals surface area contributed by atoms with E-state index < -0.39 is 0 Å². The molecule has 0 atom stereocenters. The van der Waals surface area contributed by atoms with Crippen LogP contribution in [0.3, 0.4) is 0 Å². The molecule has 18 heavy (non-hydrogen) atoms. The molecular formula is C14H12FNOS. The summed E-state index contributed by atoms with van der Waals surface area (Å²) in [6.07, 6.45) is 0. The van der Waals surface area contributed by atoms with Gasteiger partial charge in [-0.25, -0.2) is 4.39 Å². The van der Waals surface area contributed by atoms with Crippen molar-refractivity contribution in [1.82, 2.24) is 0 Å². The smallest absolute Gasteiger partial charge is 0.255 e. The fourth-order valence-electron chi connectivity index (χ4n) is 1.50. The summed E-state index contributed by atoms with van der Waals surface area (Å²) in [6.45, 7) is 0. The largest absolute Gasteiger partial charge is 0.322 e. The van der Waals surface area contributed by atoms with Crippen LogP contribution in [0.4, 0.5) is 10.1 Å². The van der Waals surface area contributed by atoms with Gasteiger partial charge in [-0.15, -0.1) is 0 Å². The van der Waals surface area contributed by atoms with Gasteiger partial charge >= 0.3 is 0 Å². The number of hydrogen-bond donors (Lipinski definition) is 2. The standard InChI is InChI=1S/C14H12FNOS/c15-12-5-7-13(8-6-12)16-14(17)11-3-1-10(9-18)2-4-11/h1-8,18H,9H2,(H,16,17). The van der Waals surface area contributed by atoms with Gasteiger partial charge in [0.2, 0.25) is 0 Å². The molecule has 2 aromatic rings. The molecule has 2 nitrogen and oxygen atoms in total. The summed E-state index contributed by atoms with van der Waals surface area (Å²) in [5, 5.41) is 2.70. The Kier molecular flexibility index (Phi) is 3.99. The molecule has 0 aromatic heterocycles. The summed E-state index contributed by atoms with van der Waals surface area (Å²) in [6, 6.07) is 12.8. The monoisotopic (exact) mass is 261 g/mol. The summed E-state index contributed by atoms with van der Waals surface area (Å²) in [4.78, 5) is 11.9. The van der Waals surface area contributed by atoms with Crippen molar-refractivity contribution in [3.63, 3.8) is 0 Å². The molecule has 0 fully saturated rings. The van der Waals surface area contributed by atoms with E-state index in [2.05, 4.69) is 17.9 Å². The predicted octanol–water partition coefficient (Wildman–Crippen LogP) is 3.51. The van der Waals surface area contributed by atoms with Crippen molar-refractivity contribution in [1.29, 1.82) is 0 Å². The van der Waals surface area contributed by atoms with Gasteiger partial charge in [0.25, 0.3) is 5.91 Å². The van der Waals surface area contributed by atoms with Crippen molar-refractivity contribution in [3.8, 4) is 0 Å². The molecular weight excluding hydrogens is 249 g/mol. The van der Waals surface area contributed by atoms with Gasteiger partial charge in [-0.2, -0.15) is 12.6 Å². The van der Waals surface area contributed by atoms with Gasteiger partial charge in [-0.3, -0.25) is 4.79 Å². The number of rotatable bonds is 3. The quantitative estimate of drug-likeness (QED) is 0.813. The minimum Gasteiger partial charge on any atom is -0.322 e. The summed E-state index contributed by atoms with van der Waals surface area (Å²) >= 11 is 4.15. The first-order valence-corrected chi connectivity index (χ1v) is 6.09. The van der Waals surface area contributed by atoms with Gasteiger partial charge in [-0.1, -0.05) is 12.1 Å². The molecule has 0 aliphatic heterocycles. The van der Waals surface area contributed by atoms with Crippen LogP contribution in [-0.4, -0.2) is 5.91 Å². The van der Waals surface area contributed by atoms with Crippen LogP contribution in [0.1, 0.15) is 15.9 Å². The number of carbonyl (C=O) groups is 1. The molecule has 92 valence electrons. The van der Waals surface area contributed by atoms with Gasteiger partial charge in [0.15, 0.2) is 0 Å². The number of benzene rings is 2. The van der Waals surface area contributed by atoms with E-state index in [0.717, 1.165) is 5.56 Å². The molecule has 0 saturated carbocycles. The average molecular weight is 261 g/mol. The molecule has 0 bridgehead atoms. The lowest BCUT2D eigenvalue weighted by Crippen LogP contribution is -2.11. The molecule has 0 spiro atoms. The van der Waals surface area contributed by atoms with Crippen molar-refractivity contribution < 1.29 is 9.18 Å². The summed E-state index contributed by atoms with van der Waals surface area (Å²) in [7, 11) is 0. The molecule has 1 amide bonds. The number of hydrogen-bond acceptors (Lipinski definition) is 2. The van der Waals surface area contributed by atoms with E-state index in [-0.39, 0.29) is 11.7 Å². The van der Waals surface area contributed by atoms with E-state index in [1.54, 1.807) is 12.1 Å². The summed E-state index contributed by atoms with van der Waals surface area (Å²) < 4.78 is 12.7. The highest BCUT2D eigenvalue weighted by Crippen LogP contribution is 2.12. The van der Waals surface area contributed by atoms with Crippen LogP contribution >= 0.6 is 12.6 Å². The summed E-state index contributed by atoms with van der Waals surface area (Å²) in [5.74, 6) is 0.0957. The molecule has 2 rings (SSSR count). The van der Waals surface area contributed by atoms with Gasteiger partial charge in [-0.05, 0) is 42.0 Å². The third-order valence-electron chi connectivity index (χ3n) is 2.50. The Bertz CT molecular complexity index is 537. The highest BCUT2D eigenvalue weighted by Gasteiger charge is 2.05. The van der Waals surface area contributed by atoms with Crippen molar-refractivity contribution in [3.05, 3.63) is 65.5 Å². The van der Waals surface area contributed by atoms with Crippen LogP contribution in [-0.2, 0) is 5.75 Å². The minimum absolute atomic E-state index is 0.215. The number of nitrogens with one attached hydrogen (secondary N) is 1. The number of carbonyl (C=O) groups excluding carboxylic acids is 1. The molecule has 0 heterocycles. The second-order valence-corrected chi connectivity index (χ2v) is 4.13. The van der Waals surface area contributed by atoms with Crippen LogP contribution in [0, 0.1) is 5.82 Å². The molecule has 1 N–H and O–H groups in total. The second kappa shape index (κ2) is 5.69. The normalized spacial score (nSPS) is 10.1. The first-order valence-electron chi connectivity index (χ1n) is 5.46. The van der Waals surface area contributed by atoms with Gasteiger partial charge < -0.3 is 5.32 Å². The Labute approximate surface area is 110 Å². The lowest BCUT2D eigenvalue weighted by atomic mass is 10.1. The van der Waals surface area contributed by atoms with E-state index >= 15 is 0 Å². The van der Waals surface area contributed by atoms with E-state index in [0.29, 0.717) is 17.0 Å². The second-order valence-electron chi connectivity index (χ2n) is 3.82. The maximum atomic E-state index is 12.7. The Morgan fingerprint density at radius 3 is 2.22 bits per heavy atom. The number of anilines is 1. The topological polar surface area (TPSA) is 29.1 Å². The van der Waals surface area contributed by atoms with Crippen molar-refractivity contribution >= 4 is 24.2 Å².